The third-order valence-electron chi connectivity index (χ3n) is 1.23. The van der Waals surface area contributed by atoms with E-state index in [2.05, 4.69) is 5.92 Å². The average molecular weight is 185 g/mol. The summed E-state index contributed by atoms with van der Waals surface area (Å²) in [4.78, 5) is 0. The molecule has 0 aliphatic carbocycles. The van der Waals surface area contributed by atoms with Gasteiger partial charge in [0, 0.05) is 0 Å². The highest BCUT2D eigenvalue weighted by molar-refractivity contribution is 6.32. The average Bonchev–Trinajstić information content (AvgIpc) is 2.08. The Morgan fingerprint density at radius 1 is 1.58 bits per heavy atom. The Kier molecular flexibility index (Phi) is 2.95. The summed E-state index contributed by atoms with van der Waals surface area (Å²) in [5.74, 6) is 2.02. The van der Waals surface area contributed by atoms with Crippen molar-refractivity contribution >= 4 is 11.6 Å². The first-order chi connectivity index (χ1) is 5.75. The SMILES string of the molecule is C#CCOc1cccc(F)c1Cl. The second-order valence-corrected chi connectivity index (χ2v) is 2.42. The Balaban J connectivity index is 2.86. The third-order valence-corrected chi connectivity index (χ3v) is 1.59. The molecular formula is C9H6ClFO. The van der Waals surface area contributed by atoms with Crippen LogP contribution in [0.5, 0.6) is 5.75 Å². The molecule has 0 saturated carbocycles. The Morgan fingerprint density at radius 2 is 2.33 bits per heavy atom. The van der Waals surface area contributed by atoms with Crippen LogP contribution in [0.2, 0.25) is 5.02 Å². The van der Waals surface area contributed by atoms with Crippen LogP contribution >= 0.6 is 11.6 Å². The Bertz CT molecular complexity index is 317. The molecule has 0 atom stereocenters. The molecule has 0 radical (unpaired) electrons. The van der Waals surface area contributed by atoms with E-state index in [1.54, 1.807) is 6.07 Å². The van der Waals surface area contributed by atoms with Gasteiger partial charge in [-0.05, 0) is 12.1 Å². The van der Waals surface area contributed by atoms with Crippen molar-refractivity contribution in [1.29, 1.82) is 0 Å². The van der Waals surface area contributed by atoms with Gasteiger partial charge in [-0.1, -0.05) is 23.6 Å². The van der Waals surface area contributed by atoms with Crippen molar-refractivity contribution in [3.05, 3.63) is 29.0 Å². The number of benzene rings is 1. The molecule has 1 aromatic rings. The minimum atomic E-state index is -0.508. The second-order valence-electron chi connectivity index (χ2n) is 2.04. The zero-order valence-corrected chi connectivity index (χ0v) is 6.94. The van der Waals surface area contributed by atoms with E-state index in [-0.39, 0.29) is 17.4 Å². The van der Waals surface area contributed by atoms with Gasteiger partial charge < -0.3 is 4.74 Å². The van der Waals surface area contributed by atoms with E-state index in [1.165, 1.54) is 12.1 Å². The van der Waals surface area contributed by atoms with Crippen LogP contribution in [0, 0.1) is 18.2 Å². The van der Waals surface area contributed by atoms with Crippen molar-refractivity contribution in [3.63, 3.8) is 0 Å². The van der Waals surface area contributed by atoms with E-state index in [0.29, 0.717) is 0 Å². The van der Waals surface area contributed by atoms with E-state index >= 15 is 0 Å². The molecule has 12 heavy (non-hydrogen) atoms. The number of hydrogen-bond donors (Lipinski definition) is 0. The fourth-order valence-electron chi connectivity index (χ4n) is 0.715. The predicted molar refractivity (Wildman–Crippen MR) is 45.7 cm³/mol. The molecule has 0 amide bonds. The molecule has 0 aliphatic rings. The van der Waals surface area contributed by atoms with E-state index < -0.39 is 5.82 Å². The maximum absolute atomic E-state index is 12.7. The number of ether oxygens (including phenoxy) is 1. The van der Waals surface area contributed by atoms with Gasteiger partial charge in [0.05, 0.1) is 0 Å². The number of terminal acetylenes is 1. The summed E-state index contributed by atoms with van der Waals surface area (Å²) in [5, 5.41) is -0.0345. The van der Waals surface area contributed by atoms with E-state index in [9.17, 15) is 4.39 Å². The molecule has 1 nitrogen and oxygen atoms in total. The Hall–Kier alpha value is -1.20. The minimum Gasteiger partial charge on any atom is -0.479 e. The van der Waals surface area contributed by atoms with Gasteiger partial charge in [-0.2, -0.15) is 0 Å². The number of halogens is 2. The summed E-state index contributed by atoms with van der Waals surface area (Å²) >= 11 is 5.56. The summed E-state index contributed by atoms with van der Waals surface area (Å²) < 4.78 is 17.7. The van der Waals surface area contributed by atoms with Crippen LogP contribution in [0.3, 0.4) is 0 Å². The molecule has 0 heterocycles. The number of hydrogen-bond acceptors (Lipinski definition) is 1. The summed E-state index contributed by atoms with van der Waals surface area (Å²) in [5.41, 5.74) is 0. The molecule has 0 aliphatic heterocycles. The number of rotatable bonds is 2. The van der Waals surface area contributed by atoms with Gasteiger partial charge in [0.1, 0.15) is 23.2 Å². The highest BCUT2D eigenvalue weighted by Crippen LogP contribution is 2.26. The van der Waals surface area contributed by atoms with E-state index in [1.807, 2.05) is 0 Å². The van der Waals surface area contributed by atoms with Gasteiger partial charge >= 0.3 is 0 Å². The molecule has 62 valence electrons. The summed E-state index contributed by atoms with van der Waals surface area (Å²) in [6, 6.07) is 4.32. The first-order valence-electron chi connectivity index (χ1n) is 3.26. The monoisotopic (exact) mass is 184 g/mol. The molecular weight excluding hydrogens is 179 g/mol. The lowest BCUT2D eigenvalue weighted by Crippen LogP contribution is -1.94. The van der Waals surface area contributed by atoms with Crippen molar-refractivity contribution in [2.75, 3.05) is 6.61 Å². The molecule has 0 spiro atoms. The zero-order chi connectivity index (χ0) is 8.97. The van der Waals surface area contributed by atoms with Crippen molar-refractivity contribution in [1.82, 2.24) is 0 Å². The van der Waals surface area contributed by atoms with Gasteiger partial charge in [0.2, 0.25) is 0 Å². The van der Waals surface area contributed by atoms with Crippen molar-refractivity contribution in [2.24, 2.45) is 0 Å². The molecule has 1 rings (SSSR count). The molecule has 0 fully saturated rings. The standard InChI is InChI=1S/C9H6ClFO/c1-2-6-12-8-5-3-4-7(11)9(8)10/h1,3-5H,6H2. The van der Waals surface area contributed by atoms with Gasteiger partial charge in [-0.3, -0.25) is 0 Å². The summed E-state index contributed by atoms with van der Waals surface area (Å²) in [6.45, 7) is 0.0865. The quantitative estimate of drug-likeness (QED) is 0.642. The highest BCUT2D eigenvalue weighted by atomic mass is 35.5. The third kappa shape index (κ3) is 1.90. The van der Waals surface area contributed by atoms with Crippen LogP contribution in [0.25, 0.3) is 0 Å². The fourth-order valence-corrected chi connectivity index (χ4v) is 0.895. The van der Waals surface area contributed by atoms with Crippen molar-refractivity contribution < 1.29 is 9.13 Å². The first-order valence-corrected chi connectivity index (χ1v) is 3.63. The molecule has 0 N–H and O–H groups in total. The Labute approximate surface area is 75.1 Å². The fraction of sp³-hybridized carbons (Fsp3) is 0.111. The molecule has 0 unspecified atom stereocenters. The minimum absolute atomic E-state index is 0.0345. The first kappa shape index (κ1) is 8.89. The van der Waals surface area contributed by atoms with Crippen LogP contribution in [0.15, 0.2) is 18.2 Å². The largest absolute Gasteiger partial charge is 0.479 e. The van der Waals surface area contributed by atoms with Crippen molar-refractivity contribution in [2.45, 2.75) is 0 Å². The topological polar surface area (TPSA) is 9.23 Å². The zero-order valence-electron chi connectivity index (χ0n) is 6.18. The molecule has 0 aromatic heterocycles. The summed E-state index contributed by atoms with van der Waals surface area (Å²) in [7, 11) is 0. The van der Waals surface area contributed by atoms with Crippen LogP contribution in [0.4, 0.5) is 4.39 Å². The van der Waals surface area contributed by atoms with Crippen LogP contribution in [-0.4, -0.2) is 6.61 Å². The second kappa shape index (κ2) is 3.99. The van der Waals surface area contributed by atoms with Gasteiger partial charge in [-0.15, -0.1) is 6.42 Å². The molecule has 1 aromatic carbocycles. The van der Waals surface area contributed by atoms with E-state index in [0.717, 1.165) is 0 Å². The smallest absolute Gasteiger partial charge is 0.148 e. The van der Waals surface area contributed by atoms with E-state index in [4.69, 9.17) is 22.8 Å². The van der Waals surface area contributed by atoms with Crippen LogP contribution < -0.4 is 4.74 Å². The van der Waals surface area contributed by atoms with Gasteiger partial charge in [0.25, 0.3) is 0 Å². The molecule has 0 bridgehead atoms. The van der Waals surface area contributed by atoms with Crippen LogP contribution in [-0.2, 0) is 0 Å². The predicted octanol–water partition coefficient (Wildman–Crippen LogP) is 2.49. The molecule has 0 saturated heterocycles. The normalized spacial score (nSPS) is 9.08. The van der Waals surface area contributed by atoms with Crippen molar-refractivity contribution in [3.8, 4) is 18.1 Å². The molecule has 3 heteroatoms. The Morgan fingerprint density at radius 3 is 3.00 bits per heavy atom. The van der Waals surface area contributed by atoms with Gasteiger partial charge in [-0.25, -0.2) is 4.39 Å². The maximum Gasteiger partial charge on any atom is 0.148 e. The van der Waals surface area contributed by atoms with Gasteiger partial charge in [0.15, 0.2) is 0 Å². The summed E-state index contributed by atoms with van der Waals surface area (Å²) in [6.07, 6.45) is 4.95. The highest BCUT2D eigenvalue weighted by Gasteiger charge is 2.04. The lowest BCUT2D eigenvalue weighted by atomic mass is 10.3. The lowest BCUT2D eigenvalue weighted by Gasteiger charge is -2.03. The maximum atomic E-state index is 12.7. The lowest BCUT2D eigenvalue weighted by molar-refractivity contribution is 0.368. The van der Waals surface area contributed by atoms with Crippen LogP contribution in [0.1, 0.15) is 0 Å².